The van der Waals surface area contributed by atoms with Crippen LogP contribution in [0.15, 0.2) is 132 Å². The van der Waals surface area contributed by atoms with Crippen LogP contribution >= 0.6 is 0 Å². The third-order valence-corrected chi connectivity index (χ3v) is 15.7. The first kappa shape index (κ1) is 30.3. The highest BCUT2D eigenvalue weighted by Gasteiger charge is 2.59. The van der Waals surface area contributed by atoms with Crippen LogP contribution in [0.5, 0.6) is 0 Å². The van der Waals surface area contributed by atoms with Gasteiger partial charge in [-0.2, -0.15) is 0 Å². The largest absolute Gasteiger partial charge is 0.456 e. The predicted octanol–water partition coefficient (Wildman–Crippen LogP) is 14.0. The van der Waals surface area contributed by atoms with Crippen molar-refractivity contribution in [1.82, 2.24) is 0 Å². The zero-order valence-electron chi connectivity index (χ0n) is 30.9. The molecule has 7 aliphatic carbocycles. The van der Waals surface area contributed by atoms with E-state index in [4.69, 9.17) is 4.42 Å². The molecule has 1 heterocycles. The highest BCUT2D eigenvalue weighted by molar-refractivity contribution is 6.13. The van der Waals surface area contributed by atoms with Gasteiger partial charge >= 0.3 is 0 Å². The van der Waals surface area contributed by atoms with E-state index in [-0.39, 0.29) is 10.8 Å². The van der Waals surface area contributed by atoms with E-state index in [9.17, 15) is 0 Å². The number of fused-ring (bicyclic) bond motifs is 12. The number of para-hydroxylation sites is 1. The third-order valence-electron chi connectivity index (χ3n) is 15.7. The first-order valence-corrected chi connectivity index (χ1v) is 20.9. The molecule has 4 bridgehead atoms. The Bertz CT molecular complexity index is 2680. The zero-order chi connectivity index (χ0) is 35.2. The molecule has 2 heteroatoms. The summed E-state index contributed by atoms with van der Waals surface area (Å²) in [4.78, 5) is 2.56. The zero-order valence-corrected chi connectivity index (χ0v) is 30.9. The molecule has 0 saturated heterocycles. The molecule has 0 amide bonds. The van der Waals surface area contributed by atoms with Crippen molar-refractivity contribution < 1.29 is 4.42 Å². The third kappa shape index (κ3) is 3.77. The van der Waals surface area contributed by atoms with E-state index in [2.05, 4.69) is 132 Å². The lowest BCUT2D eigenvalue weighted by Crippen LogP contribution is -2.48. The number of anilines is 3. The highest BCUT2D eigenvalue weighted by Crippen LogP contribution is 2.68. The van der Waals surface area contributed by atoms with E-state index in [1.807, 2.05) is 0 Å². The Morgan fingerprint density at radius 2 is 1.13 bits per heavy atom. The Balaban J connectivity index is 1.06. The molecule has 264 valence electrons. The second-order valence-corrected chi connectivity index (χ2v) is 17.9. The van der Waals surface area contributed by atoms with Crippen LogP contribution in [-0.4, -0.2) is 0 Å². The first-order chi connectivity index (χ1) is 26.7. The van der Waals surface area contributed by atoms with Crippen molar-refractivity contribution >= 4 is 39.0 Å². The van der Waals surface area contributed by atoms with Gasteiger partial charge in [0.25, 0.3) is 0 Å². The maximum atomic E-state index is 6.53. The molecular weight excluding hydrogens is 655 g/mol. The number of hydrogen-bond acceptors (Lipinski definition) is 2. The molecular formula is C52H45NO. The van der Waals surface area contributed by atoms with Crippen molar-refractivity contribution in [1.29, 1.82) is 0 Å². The SMILES string of the molecule is c1ccc2c(c1)-c1cc(N(c3ccc4c(c3)-c3ccccc3C43C4CCC5CC(C4)CC3C5)c3cccc4oc5ccccc5c34)ccc1C21CCCC1. The summed E-state index contributed by atoms with van der Waals surface area (Å²) in [5.41, 5.74) is 17.8. The van der Waals surface area contributed by atoms with Crippen molar-refractivity contribution in [2.75, 3.05) is 4.90 Å². The van der Waals surface area contributed by atoms with Crippen molar-refractivity contribution in [3.8, 4) is 22.3 Å². The molecule has 0 aliphatic heterocycles. The lowest BCUT2D eigenvalue weighted by molar-refractivity contribution is 0.0618. The van der Waals surface area contributed by atoms with Crippen LogP contribution in [0.2, 0.25) is 0 Å². The average molecular weight is 700 g/mol. The highest BCUT2D eigenvalue weighted by atomic mass is 16.3. The Morgan fingerprint density at radius 1 is 0.500 bits per heavy atom. The number of nitrogens with zero attached hydrogens (tertiary/aromatic N) is 1. The summed E-state index contributed by atoms with van der Waals surface area (Å²) >= 11 is 0. The summed E-state index contributed by atoms with van der Waals surface area (Å²) in [6, 6.07) is 49.1. The van der Waals surface area contributed by atoms with E-state index >= 15 is 0 Å². The van der Waals surface area contributed by atoms with Crippen LogP contribution < -0.4 is 4.90 Å². The van der Waals surface area contributed by atoms with Gasteiger partial charge in [-0.3, -0.25) is 0 Å². The minimum atomic E-state index is 0.147. The Kier molecular flexibility index (Phi) is 6.04. The van der Waals surface area contributed by atoms with Gasteiger partial charge in [0, 0.05) is 27.6 Å². The van der Waals surface area contributed by atoms with E-state index in [1.165, 1.54) is 125 Å². The summed E-state index contributed by atoms with van der Waals surface area (Å²) in [5, 5.41) is 2.34. The average Bonchev–Trinajstić information content (AvgIpc) is 3.95. The Labute approximate surface area is 317 Å². The van der Waals surface area contributed by atoms with E-state index in [0.717, 1.165) is 34.8 Å². The number of furan rings is 1. The van der Waals surface area contributed by atoms with Gasteiger partial charge in [-0.15, -0.1) is 0 Å². The molecule has 5 unspecified atom stereocenters. The molecule has 5 saturated carbocycles. The fourth-order valence-electron chi connectivity index (χ4n) is 13.9. The number of hydrogen-bond donors (Lipinski definition) is 0. The van der Waals surface area contributed by atoms with Gasteiger partial charge in [-0.25, -0.2) is 0 Å². The first-order valence-electron chi connectivity index (χ1n) is 20.9. The van der Waals surface area contributed by atoms with Crippen molar-refractivity contribution in [3.63, 3.8) is 0 Å². The van der Waals surface area contributed by atoms with Gasteiger partial charge in [0.2, 0.25) is 0 Å². The molecule has 14 rings (SSSR count). The van der Waals surface area contributed by atoms with Crippen molar-refractivity contribution in [2.45, 2.75) is 75.0 Å². The van der Waals surface area contributed by atoms with Gasteiger partial charge in [-0.1, -0.05) is 104 Å². The second kappa shape index (κ2) is 10.8. The van der Waals surface area contributed by atoms with Crippen molar-refractivity contribution in [2.24, 2.45) is 23.7 Å². The molecule has 6 aromatic carbocycles. The maximum Gasteiger partial charge on any atom is 0.137 e. The summed E-state index contributed by atoms with van der Waals surface area (Å²) in [6.07, 6.45) is 13.6. The number of rotatable bonds is 3. The van der Waals surface area contributed by atoms with E-state index < -0.39 is 0 Å². The van der Waals surface area contributed by atoms with Gasteiger partial charge < -0.3 is 9.32 Å². The fraction of sp³-hybridized carbons (Fsp3) is 0.308. The monoisotopic (exact) mass is 699 g/mol. The molecule has 0 radical (unpaired) electrons. The summed E-state index contributed by atoms with van der Waals surface area (Å²) < 4.78 is 6.53. The molecule has 0 N–H and O–H groups in total. The lowest BCUT2D eigenvalue weighted by atomic mass is 9.51. The maximum absolute atomic E-state index is 6.53. The summed E-state index contributed by atoms with van der Waals surface area (Å²) in [6.45, 7) is 0. The molecule has 1 aromatic heterocycles. The summed E-state index contributed by atoms with van der Waals surface area (Å²) in [7, 11) is 0. The minimum Gasteiger partial charge on any atom is -0.456 e. The van der Waals surface area contributed by atoms with E-state index in [1.54, 1.807) is 11.1 Å². The van der Waals surface area contributed by atoms with Gasteiger partial charge in [0.1, 0.15) is 11.2 Å². The molecule has 7 aromatic rings. The van der Waals surface area contributed by atoms with Crippen LogP contribution in [0.1, 0.15) is 86.5 Å². The van der Waals surface area contributed by atoms with Crippen LogP contribution in [0, 0.1) is 23.7 Å². The van der Waals surface area contributed by atoms with Crippen LogP contribution in [0.3, 0.4) is 0 Å². The van der Waals surface area contributed by atoms with Gasteiger partial charge in [-0.05, 0) is 156 Å². The Morgan fingerprint density at radius 3 is 1.98 bits per heavy atom. The number of benzene rings is 6. The topological polar surface area (TPSA) is 16.4 Å². The predicted molar refractivity (Wildman–Crippen MR) is 221 cm³/mol. The normalized spacial score (nSPS) is 26.4. The quantitative estimate of drug-likeness (QED) is 0.183. The fourth-order valence-corrected chi connectivity index (χ4v) is 13.9. The lowest BCUT2D eigenvalue weighted by Gasteiger charge is -2.53. The van der Waals surface area contributed by atoms with E-state index in [0.29, 0.717) is 0 Å². The molecule has 5 atom stereocenters. The second-order valence-electron chi connectivity index (χ2n) is 17.9. The molecule has 2 nitrogen and oxygen atoms in total. The van der Waals surface area contributed by atoms with Crippen LogP contribution in [-0.2, 0) is 10.8 Å². The molecule has 54 heavy (non-hydrogen) atoms. The smallest absolute Gasteiger partial charge is 0.137 e. The molecule has 7 aliphatic rings. The molecule has 5 fully saturated rings. The standard InChI is InChI=1S/C52H45NO/c1-4-13-43-38(10-1)41-30-36(20-22-44(41)51(43)24-7-8-25-51)53(47-15-9-17-49-50(47)40-12-3-6-16-48(40)54-49)37-21-23-46-42(31-37)39-11-2-5-14-45(39)52(46)34-19-18-32-26-33(28-34)29-35(52)27-32/h1-6,9-17,20-23,30-35H,7-8,18-19,24-29H2. The summed E-state index contributed by atoms with van der Waals surface area (Å²) in [5.74, 6) is 3.33. The van der Waals surface area contributed by atoms with Crippen molar-refractivity contribution in [3.05, 3.63) is 150 Å². The van der Waals surface area contributed by atoms with Gasteiger partial charge in [0.15, 0.2) is 0 Å². The molecule has 2 spiro atoms. The Hall–Kier alpha value is -5.08. The van der Waals surface area contributed by atoms with Gasteiger partial charge in [0.05, 0.1) is 11.1 Å². The minimum absolute atomic E-state index is 0.147. The van der Waals surface area contributed by atoms with Crippen LogP contribution in [0.4, 0.5) is 17.1 Å². The van der Waals surface area contributed by atoms with Crippen LogP contribution in [0.25, 0.3) is 44.2 Å².